The van der Waals surface area contributed by atoms with E-state index in [0.717, 1.165) is 18.7 Å². The Morgan fingerprint density at radius 1 is 1.31 bits per heavy atom. The van der Waals surface area contributed by atoms with Gasteiger partial charge in [0.25, 0.3) is 0 Å². The van der Waals surface area contributed by atoms with Crippen LogP contribution in [0.3, 0.4) is 0 Å². The number of nitrogens with zero attached hydrogens (tertiary/aromatic N) is 3. The molecule has 0 bridgehead atoms. The van der Waals surface area contributed by atoms with E-state index in [1.54, 1.807) is 7.11 Å². The van der Waals surface area contributed by atoms with Crippen molar-refractivity contribution in [1.29, 1.82) is 0 Å². The second-order valence-corrected chi connectivity index (χ2v) is 3.86. The number of hydrogen-bond donors (Lipinski definition) is 1. The van der Waals surface area contributed by atoms with Gasteiger partial charge in [0.05, 0.1) is 18.9 Å². The number of unbranched alkanes of at least 4 members (excludes halogenated alkanes) is 3. The van der Waals surface area contributed by atoms with Crippen LogP contribution in [0.15, 0.2) is 0 Å². The number of aromatic nitrogens is 3. The van der Waals surface area contributed by atoms with Gasteiger partial charge in [-0.05, 0) is 6.42 Å². The van der Waals surface area contributed by atoms with Crippen LogP contribution in [0.25, 0.3) is 0 Å². The van der Waals surface area contributed by atoms with Crippen LogP contribution in [0, 0.1) is 0 Å². The van der Waals surface area contributed by atoms with E-state index in [0.29, 0.717) is 12.3 Å². The molecule has 0 unspecified atom stereocenters. The van der Waals surface area contributed by atoms with E-state index in [2.05, 4.69) is 17.2 Å². The van der Waals surface area contributed by atoms with Crippen LogP contribution in [-0.2, 0) is 24.5 Å². The lowest BCUT2D eigenvalue weighted by molar-refractivity contribution is 0.172. The molecule has 0 fully saturated rings. The Labute approximate surface area is 96.4 Å². The predicted octanol–water partition coefficient (Wildman–Crippen LogP) is 1.50. The largest absolute Gasteiger partial charge is 0.390 e. The quantitative estimate of drug-likeness (QED) is 0.684. The fraction of sp³-hybridized carbons (Fsp3) is 0.818. The molecule has 1 rings (SSSR count). The average Bonchev–Trinajstić information content (AvgIpc) is 2.68. The van der Waals surface area contributed by atoms with Crippen LogP contribution in [-0.4, -0.2) is 27.2 Å². The first kappa shape index (κ1) is 13.1. The van der Waals surface area contributed by atoms with Crippen molar-refractivity contribution in [3.8, 4) is 0 Å². The SMILES string of the molecule is CCCCCCn1nnc(CO)c1COC. The standard InChI is InChI=1S/C11H21N3O2/c1-3-4-5-6-7-14-11(9-16-2)10(8-15)12-13-14/h15H,3-9H2,1-2H3. The molecule has 0 aromatic carbocycles. The minimum Gasteiger partial charge on any atom is -0.390 e. The molecular formula is C11H21N3O2. The molecule has 0 spiro atoms. The molecule has 1 aromatic rings. The normalized spacial score (nSPS) is 10.9. The van der Waals surface area contributed by atoms with Gasteiger partial charge in [-0.1, -0.05) is 31.4 Å². The Balaban J connectivity index is 2.53. The molecule has 0 aliphatic heterocycles. The van der Waals surface area contributed by atoms with Crippen molar-refractivity contribution in [3.63, 3.8) is 0 Å². The third-order valence-corrected chi connectivity index (χ3v) is 2.57. The van der Waals surface area contributed by atoms with Gasteiger partial charge in [0.1, 0.15) is 5.69 Å². The first-order chi connectivity index (χ1) is 7.83. The molecule has 92 valence electrons. The monoisotopic (exact) mass is 227 g/mol. The molecule has 0 aliphatic carbocycles. The second-order valence-electron chi connectivity index (χ2n) is 3.86. The van der Waals surface area contributed by atoms with Crippen molar-refractivity contribution >= 4 is 0 Å². The maximum atomic E-state index is 9.10. The highest BCUT2D eigenvalue weighted by molar-refractivity contribution is 5.07. The van der Waals surface area contributed by atoms with Crippen LogP contribution in [0.5, 0.6) is 0 Å². The van der Waals surface area contributed by atoms with Gasteiger partial charge in [0, 0.05) is 13.7 Å². The zero-order valence-corrected chi connectivity index (χ0v) is 10.1. The number of rotatable bonds is 8. The van der Waals surface area contributed by atoms with Crippen molar-refractivity contribution in [2.75, 3.05) is 7.11 Å². The lowest BCUT2D eigenvalue weighted by atomic mass is 10.2. The Morgan fingerprint density at radius 2 is 2.12 bits per heavy atom. The zero-order valence-electron chi connectivity index (χ0n) is 10.1. The number of methoxy groups -OCH3 is 1. The third-order valence-electron chi connectivity index (χ3n) is 2.57. The van der Waals surface area contributed by atoms with Gasteiger partial charge in [0.2, 0.25) is 0 Å². The van der Waals surface area contributed by atoms with Gasteiger partial charge in [-0.3, -0.25) is 0 Å². The van der Waals surface area contributed by atoms with Crippen molar-refractivity contribution in [2.45, 2.75) is 52.4 Å². The van der Waals surface area contributed by atoms with Crippen LogP contribution in [0.1, 0.15) is 44.0 Å². The Kier molecular flexibility index (Phi) is 6.03. The lowest BCUT2D eigenvalue weighted by Gasteiger charge is -2.06. The summed E-state index contributed by atoms with van der Waals surface area (Å²) in [5, 5.41) is 17.1. The summed E-state index contributed by atoms with van der Waals surface area (Å²) in [5.74, 6) is 0. The van der Waals surface area contributed by atoms with E-state index in [1.165, 1.54) is 19.3 Å². The highest BCUT2D eigenvalue weighted by atomic mass is 16.5. The topological polar surface area (TPSA) is 60.2 Å². The predicted molar refractivity (Wildman–Crippen MR) is 60.8 cm³/mol. The maximum absolute atomic E-state index is 9.10. The molecule has 0 radical (unpaired) electrons. The third kappa shape index (κ3) is 3.57. The van der Waals surface area contributed by atoms with Crippen LogP contribution in [0.4, 0.5) is 0 Å². The Bertz CT molecular complexity index is 299. The minimum atomic E-state index is -0.0757. The van der Waals surface area contributed by atoms with E-state index < -0.39 is 0 Å². The number of aryl methyl sites for hydroxylation is 1. The van der Waals surface area contributed by atoms with Gasteiger partial charge in [0.15, 0.2) is 0 Å². The van der Waals surface area contributed by atoms with Crippen molar-refractivity contribution < 1.29 is 9.84 Å². The molecule has 0 atom stereocenters. The molecule has 1 aromatic heterocycles. The van der Waals surface area contributed by atoms with Crippen molar-refractivity contribution in [2.24, 2.45) is 0 Å². The molecular weight excluding hydrogens is 206 g/mol. The van der Waals surface area contributed by atoms with E-state index in [9.17, 15) is 0 Å². The number of hydrogen-bond acceptors (Lipinski definition) is 4. The van der Waals surface area contributed by atoms with Crippen molar-refractivity contribution in [1.82, 2.24) is 15.0 Å². The molecule has 0 saturated carbocycles. The first-order valence-corrected chi connectivity index (χ1v) is 5.84. The molecule has 0 saturated heterocycles. The maximum Gasteiger partial charge on any atom is 0.114 e. The fourth-order valence-electron chi connectivity index (χ4n) is 1.65. The van der Waals surface area contributed by atoms with Crippen LogP contribution >= 0.6 is 0 Å². The second kappa shape index (κ2) is 7.35. The first-order valence-electron chi connectivity index (χ1n) is 5.84. The molecule has 0 amide bonds. The average molecular weight is 227 g/mol. The van der Waals surface area contributed by atoms with E-state index in [-0.39, 0.29) is 6.61 Å². The van der Waals surface area contributed by atoms with E-state index in [1.807, 2.05) is 4.68 Å². The summed E-state index contributed by atoms with van der Waals surface area (Å²) in [5.41, 5.74) is 1.51. The summed E-state index contributed by atoms with van der Waals surface area (Å²) in [7, 11) is 1.63. The van der Waals surface area contributed by atoms with Gasteiger partial charge >= 0.3 is 0 Å². The minimum absolute atomic E-state index is 0.0757. The number of aliphatic hydroxyl groups excluding tert-OH is 1. The number of ether oxygens (including phenoxy) is 1. The summed E-state index contributed by atoms with van der Waals surface area (Å²) in [4.78, 5) is 0. The molecule has 5 heteroatoms. The van der Waals surface area contributed by atoms with Gasteiger partial charge in [-0.25, -0.2) is 4.68 Å². The summed E-state index contributed by atoms with van der Waals surface area (Å²) >= 11 is 0. The fourth-order valence-corrected chi connectivity index (χ4v) is 1.65. The smallest absolute Gasteiger partial charge is 0.114 e. The lowest BCUT2D eigenvalue weighted by Crippen LogP contribution is -2.07. The van der Waals surface area contributed by atoms with Gasteiger partial charge in [-0.2, -0.15) is 0 Å². The molecule has 1 N–H and O–H groups in total. The van der Waals surface area contributed by atoms with E-state index >= 15 is 0 Å². The van der Waals surface area contributed by atoms with Crippen LogP contribution in [0.2, 0.25) is 0 Å². The van der Waals surface area contributed by atoms with Crippen molar-refractivity contribution in [3.05, 3.63) is 11.4 Å². The molecule has 16 heavy (non-hydrogen) atoms. The summed E-state index contributed by atoms with van der Waals surface area (Å²) < 4.78 is 6.92. The number of aliphatic hydroxyl groups is 1. The van der Waals surface area contributed by atoms with Gasteiger partial charge < -0.3 is 9.84 Å². The van der Waals surface area contributed by atoms with Crippen LogP contribution < -0.4 is 0 Å². The van der Waals surface area contributed by atoms with Gasteiger partial charge in [-0.15, -0.1) is 5.10 Å². The molecule has 5 nitrogen and oxygen atoms in total. The van der Waals surface area contributed by atoms with E-state index in [4.69, 9.17) is 9.84 Å². The Morgan fingerprint density at radius 3 is 2.75 bits per heavy atom. The highest BCUT2D eigenvalue weighted by Gasteiger charge is 2.11. The summed E-state index contributed by atoms with van der Waals surface area (Å²) in [6.07, 6.45) is 4.78. The highest BCUT2D eigenvalue weighted by Crippen LogP contribution is 2.09. The zero-order chi connectivity index (χ0) is 11.8. The summed E-state index contributed by atoms with van der Waals surface area (Å²) in [6, 6.07) is 0. The molecule has 1 heterocycles. The Hall–Kier alpha value is -0.940. The summed E-state index contributed by atoms with van der Waals surface area (Å²) in [6.45, 7) is 3.42. The molecule has 0 aliphatic rings.